The van der Waals surface area contributed by atoms with Gasteiger partial charge in [-0.25, -0.2) is 4.98 Å². The SMILES string of the molecule is CNC(C)C(C)c1nccc(OC)n1. The highest BCUT2D eigenvalue weighted by Gasteiger charge is 2.15. The van der Waals surface area contributed by atoms with Crippen molar-refractivity contribution in [3.8, 4) is 5.88 Å². The molecule has 0 radical (unpaired) electrons. The summed E-state index contributed by atoms with van der Waals surface area (Å²) in [6, 6.07) is 2.10. The molecule has 0 fully saturated rings. The Bertz CT molecular complexity index is 290. The van der Waals surface area contributed by atoms with Crippen LogP contribution in [-0.2, 0) is 0 Å². The van der Waals surface area contributed by atoms with E-state index >= 15 is 0 Å². The van der Waals surface area contributed by atoms with Gasteiger partial charge in [-0.1, -0.05) is 6.92 Å². The first-order chi connectivity index (χ1) is 6.69. The average Bonchev–Trinajstić information content (AvgIpc) is 2.27. The Kier molecular flexibility index (Phi) is 3.83. The zero-order chi connectivity index (χ0) is 10.6. The molecule has 1 heterocycles. The van der Waals surface area contributed by atoms with E-state index in [2.05, 4.69) is 29.1 Å². The minimum absolute atomic E-state index is 0.273. The fourth-order valence-electron chi connectivity index (χ4n) is 1.16. The quantitative estimate of drug-likeness (QED) is 0.784. The molecule has 78 valence electrons. The van der Waals surface area contributed by atoms with Gasteiger partial charge >= 0.3 is 0 Å². The molecule has 1 aromatic rings. The Morgan fingerprint density at radius 2 is 2.14 bits per heavy atom. The molecular formula is C10H17N3O. The number of likely N-dealkylation sites (N-methyl/N-ethyl adjacent to an activating group) is 1. The maximum atomic E-state index is 5.05. The van der Waals surface area contributed by atoms with Crippen LogP contribution >= 0.6 is 0 Å². The van der Waals surface area contributed by atoms with Gasteiger partial charge in [0.1, 0.15) is 5.82 Å². The number of ether oxygens (including phenoxy) is 1. The Balaban J connectivity index is 2.83. The predicted octanol–water partition coefficient (Wildman–Crippen LogP) is 1.20. The van der Waals surface area contributed by atoms with Crippen LogP contribution in [-0.4, -0.2) is 30.2 Å². The first-order valence-corrected chi connectivity index (χ1v) is 4.73. The molecule has 4 heteroatoms. The van der Waals surface area contributed by atoms with Gasteiger partial charge in [0.05, 0.1) is 7.11 Å². The van der Waals surface area contributed by atoms with Crippen LogP contribution in [0, 0.1) is 0 Å². The molecule has 2 atom stereocenters. The highest BCUT2D eigenvalue weighted by molar-refractivity contribution is 5.11. The van der Waals surface area contributed by atoms with E-state index in [4.69, 9.17) is 4.74 Å². The van der Waals surface area contributed by atoms with Crippen LogP contribution in [0.5, 0.6) is 5.88 Å². The van der Waals surface area contributed by atoms with Gasteiger partial charge in [0.25, 0.3) is 0 Å². The lowest BCUT2D eigenvalue weighted by Crippen LogP contribution is -2.28. The van der Waals surface area contributed by atoms with Crippen LogP contribution in [0.2, 0.25) is 0 Å². The lowest BCUT2D eigenvalue weighted by molar-refractivity contribution is 0.390. The summed E-state index contributed by atoms with van der Waals surface area (Å²) < 4.78 is 5.05. The molecule has 1 aromatic heterocycles. The molecule has 0 amide bonds. The molecule has 0 saturated heterocycles. The lowest BCUT2D eigenvalue weighted by atomic mass is 10.0. The Hall–Kier alpha value is -1.16. The average molecular weight is 195 g/mol. The van der Waals surface area contributed by atoms with Crippen molar-refractivity contribution < 1.29 is 4.74 Å². The molecule has 0 saturated carbocycles. The minimum atomic E-state index is 0.273. The van der Waals surface area contributed by atoms with Crippen LogP contribution in [0.3, 0.4) is 0 Å². The highest BCUT2D eigenvalue weighted by Crippen LogP contribution is 2.16. The first-order valence-electron chi connectivity index (χ1n) is 4.73. The van der Waals surface area contributed by atoms with E-state index in [1.807, 2.05) is 7.05 Å². The molecule has 0 aromatic carbocycles. The third-order valence-electron chi connectivity index (χ3n) is 2.47. The summed E-state index contributed by atoms with van der Waals surface area (Å²) in [5.74, 6) is 1.70. The molecule has 2 unspecified atom stereocenters. The number of methoxy groups -OCH3 is 1. The summed E-state index contributed by atoms with van der Waals surface area (Å²) in [7, 11) is 3.54. The summed E-state index contributed by atoms with van der Waals surface area (Å²) in [5.41, 5.74) is 0. The van der Waals surface area contributed by atoms with Crippen molar-refractivity contribution in [1.29, 1.82) is 0 Å². The Morgan fingerprint density at radius 1 is 1.43 bits per heavy atom. The summed E-state index contributed by atoms with van der Waals surface area (Å²) in [5, 5.41) is 3.18. The largest absolute Gasteiger partial charge is 0.481 e. The van der Waals surface area contributed by atoms with Crippen molar-refractivity contribution in [3.63, 3.8) is 0 Å². The molecule has 0 aliphatic carbocycles. The molecule has 0 spiro atoms. The van der Waals surface area contributed by atoms with Crippen LogP contribution in [0.15, 0.2) is 12.3 Å². The van der Waals surface area contributed by atoms with Gasteiger partial charge in [-0.05, 0) is 14.0 Å². The van der Waals surface area contributed by atoms with Crippen LogP contribution in [0.1, 0.15) is 25.6 Å². The van der Waals surface area contributed by atoms with E-state index in [1.54, 1.807) is 19.4 Å². The highest BCUT2D eigenvalue weighted by atomic mass is 16.5. The van der Waals surface area contributed by atoms with Crippen molar-refractivity contribution in [2.24, 2.45) is 0 Å². The number of rotatable bonds is 4. The fourth-order valence-corrected chi connectivity index (χ4v) is 1.16. The Morgan fingerprint density at radius 3 is 2.71 bits per heavy atom. The number of hydrogen-bond acceptors (Lipinski definition) is 4. The molecule has 0 aliphatic heterocycles. The van der Waals surface area contributed by atoms with Gasteiger partial charge in [-0.3, -0.25) is 0 Å². The van der Waals surface area contributed by atoms with Crippen LogP contribution in [0.4, 0.5) is 0 Å². The van der Waals surface area contributed by atoms with E-state index in [-0.39, 0.29) is 5.92 Å². The zero-order valence-electron chi connectivity index (χ0n) is 9.11. The van der Waals surface area contributed by atoms with E-state index in [9.17, 15) is 0 Å². The van der Waals surface area contributed by atoms with Gasteiger partial charge in [0, 0.05) is 24.2 Å². The van der Waals surface area contributed by atoms with E-state index in [1.165, 1.54) is 0 Å². The van der Waals surface area contributed by atoms with Crippen LogP contribution in [0.25, 0.3) is 0 Å². The van der Waals surface area contributed by atoms with Crippen molar-refractivity contribution in [2.75, 3.05) is 14.2 Å². The molecule has 0 bridgehead atoms. The molecular weight excluding hydrogens is 178 g/mol. The summed E-state index contributed by atoms with van der Waals surface area (Å²) in [4.78, 5) is 8.51. The number of nitrogens with one attached hydrogen (secondary N) is 1. The molecule has 1 N–H and O–H groups in total. The normalized spacial score (nSPS) is 14.9. The van der Waals surface area contributed by atoms with Crippen molar-refractivity contribution in [2.45, 2.75) is 25.8 Å². The second kappa shape index (κ2) is 4.91. The number of aromatic nitrogens is 2. The first kappa shape index (κ1) is 10.9. The topological polar surface area (TPSA) is 47.0 Å². The summed E-state index contributed by atoms with van der Waals surface area (Å²) in [6.45, 7) is 4.20. The monoisotopic (exact) mass is 195 g/mol. The van der Waals surface area contributed by atoms with E-state index in [0.29, 0.717) is 11.9 Å². The van der Waals surface area contributed by atoms with Crippen molar-refractivity contribution >= 4 is 0 Å². The third-order valence-corrected chi connectivity index (χ3v) is 2.47. The number of hydrogen-bond donors (Lipinski definition) is 1. The summed E-state index contributed by atoms with van der Waals surface area (Å²) >= 11 is 0. The van der Waals surface area contributed by atoms with Crippen molar-refractivity contribution in [1.82, 2.24) is 15.3 Å². The predicted molar refractivity (Wildman–Crippen MR) is 55.5 cm³/mol. The maximum absolute atomic E-state index is 5.05. The molecule has 0 aliphatic rings. The van der Waals surface area contributed by atoms with Gasteiger partial charge in [-0.15, -0.1) is 0 Å². The van der Waals surface area contributed by atoms with Crippen LogP contribution < -0.4 is 10.1 Å². The van der Waals surface area contributed by atoms with Gasteiger partial charge in [0.2, 0.25) is 5.88 Å². The van der Waals surface area contributed by atoms with Gasteiger partial charge in [0.15, 0.2) is 0 Å². The van der Waals surface area contributed by atoms with E-state index < -0.39 is 0 Å². The molecule has 4 nitrogen and oxygen atoms in total. The van der Waals surface area contributed by atoms with Gasteiger partial charge < -0.3 is 10.1 Å². The standard InChI is InChI=1S/C10H17N3O/c1-7(8(2)11-3)10-12-6-5-9(13-10)14-4/h5-8,11H,1-4H3. The smallest absolute Gasteiger partial charge is 0.216 e. The maximum Gasteiger partial charge on any atom is 0.216 e. The minimum Gasteiger partial charge on any atom is -0.481 e. The zero-order valence-corrected chi connectivity index (χ0v) is 9.11. The number of nitrogens with zero attached hydrogens (tertiary/aromatic N) is 2. The Labute approximate surface area is 84.7 Å². The molecule has 14 heavy (non-hydrogen) atoms. The lowest BCUT2D eigenvalue weighted by Gasteiger charge is -2.17. The van der Waals surface area contributed by atoms with E-state index in [0.717, 1.165) is 5.82 Å². The van der Waals surface area contributed by atoms with Crippen molar-refractivity contribution in [3.05, 3.63) is 18.1 Å². The third kappa shape index (κ3) is 2.42. The molecule has 1 rings (SSSR count). The second-order valence-electron chi connectivity index (χ2n) is 3.32. The van der Waals surface area contributed by atoms with Gasteiger partial charge in [-0.2, -0.15) is 4.98 Å². The second-order valence-corrected chi connectivity index (χ2v) is 3.32. The summed E-state index contributed by atoms with van der Waals surface area (Å²) in [6.07, 6.45) is 1.72. The fraction of sp³-hybridized carbons (Fsp3) is 0.600.